The summed E-state index contributed by atoms with van der Waals surface area (Å²) < 4.78 is 15.0. The van der Waals surface area contributed by atoms with Gasteiger partial charge in [0.15, 0.2) is 0 Å². The Morgan fingerprint density at radius 2 is 1.68 bits per heavy atom. The molecule has 2 fully saturated rings. The first kappa shape index (κ1) is 22.5. The molecule has 2 saturated heterocycles. The van der Waals surface area contributed by atoms with Gasteiger partial charge in [-0.3, -0.25) is 9.48 Å². The zero-order chi connectivity index (χ0) is 18.0. The molecule has 2 aromatic rings. The standard InChI is InChI=1S/C19H24FN5O.2ClH/c20-16-2-4-17(5-3-16)23-12-14-24(15-13-23)18(26)19(6-9-21-10-7-19)25-11-1-8-22-25;;/h1-5,8,11,21H,6-7,9-10,12-15H2;2*1H. The number of carbonyl (C=O) groups excluding carboxylic acids is 1. The summed E-state index contributed by atoms with van der Waals surface area (Å²) in [5.74, 6) is -0.0592. The molecule has 28 heavy (non-hydrogen) atoms. The fraction of sp³-hybridized carbons (Fsp3) is 0.474. The number of halogens is 3. The van der Waals surface area contributed by atoms with E-state index in [1.807, 2.05) is 21.8 Å². The highest BCUT2D eigenvalue weighted by Crippen LogP contribution is 2.30. The Morgan fingerprint density at radius 3 is 2.25 bits per heavy atom. The second-order valence-corrected chi connectivity index (χ2v) is 6.99. The van der Waals surface area contributed by atoms with E-state index in [9.17, 15) is 9.18 Å². The van der Waals surface area contributed by atoms with Gasteiger partial charge in [-0.2, -0.15) is 5.10 Å². The van der Waals surface area contributed by atoms with Gasteiger partial charge in [0.2, 0.25) is 0 Å². The highest BCUT2D eigenvalue weighted by Gasteiger charge is 2.44. The van der Waals surface area contributed by atoms with Gasteiger partial charge in [-0.15, -0.1) is 24.8 Å². The van der Waals surface area contributed by atoms with E-state index < -0.39 is 5.54 Å². The maximum Gasteiger partial charge on any atom is 0.250 e. The normalized spacial score (nSPS) is 18.8. The number of benzene rings is 1. The number of piperazine rings is 1. The van der Waals surface area contributed by atoms with Crippen LogP contribution in [0.1, 0.15) is 12.8 Å². The van der Waals surface area contributed by atoms with Crippen LogP contribution in [0.25, 0.3) is 0 Å². The molecule has 2 aliphatic rings. The van der Waals surface area contributed by atoms with Gasteiger partial charge < -0.3 is 15.1 Å². The van der Waals surface area contributed by atoms with Gasteiger partial charge in [0.1, 0.15) is 11.4 Å². The third-order valence-corrected chi connectivity index (χ3v) is 5.53. The molecule has 1 aromatic heterocycles. The summed E-state index contributed by atoms with van der Waals surface area (Å²) in [7, 11) is 0. The molecular formula is C19H26Cl2FN5O. The smallest absolute Gasteiger partial charge is 0.250 e. The first-order valence-electron chi connectivity index (χ1n) is 9.20. The van der Waals surface area contributed by atoms with E-state index in [1.54, 1.807) is 18.3 Å². The quantitative estimate of drug-likeness (QED) is 0.812. The predicted molar refractivity (Wildman–Crippen MR) is 112 cm³/mol. The number of hydrogen-bond acceptors (Lipinski definition) is 4. The van der Waals surface area contributed by atoms with E-state index in [-0.39, 0.29) is 36.5 Å². The van der Waals surface area contributed by atoms with Gasteiger partial charge in [0.25, 0.3) is 5.91 Å². The molecule has 9 heteroatoms. The minimum Gasteiger partial charge on any atom is -0.368 e. The lowest BCUT2D eigenvalue weighted by molar-refractivity contribution is -0.143. The molecule has 0 atom stereocenters. The number of amides is 1. The third-order valence-electron chi connectivity index (χ3n) is 5.53. The Bertz CT molecular complexity index is 742. The molecular weight excluding hydrogens is 404 g/mol. The van der Waals surface area contributed by atoms with Crippen LogP contribution in [0.4, 0.5) is 10.1 Å². The molecule has 1 amide bonds. The second kappa shape index (κ2) is 9.58. The van der Waals surface area contributed by atoms with Crippen molar-refractivity contribution in [2.45, 2.75) is 18.4 Å². The maximum atomic E-state index is 13.4. The van der Waals surface area contributed by atoms with Gasteiger partial charge in [0.05, 0.1) is 0 Å². The van der Waals surface area contributed by atoms with Crippen molar-refractivity contribution in [3.05, 3.63) is 48.5 Å². The largest absolute Gasteiger partial charge is 0.368 e. The number of nitrogens with zero attached hydrogens (tertiary/aromatic N) is 4. The Balaban J connectivity index is 0.00000140. The van der Waals surface area contributed by atoms with Crippen LogP contribution in [0.3, 0.4) is 0 Å². The van der Waals surface area contributed by atoms with Gasteiger partial charge in [-0.1, -0.05) is 0 Å². The molecule has 0 bridgehead atoms. The number of anilines is 1. The fourth-order valence-electron chi connectivity index (χ4n) is 4.02. The SMILES string of the molecule is Cl.Cl.O=C(N1CCN(c2ccc(F)cc2)CC1)C1(n2cccn2)CCNCC1. The monoisotopic (exact) mass is 429 g/mol. The van der Waals surface area contributed by atoms with Crippen LogP contribution in [0.15, 0.2) is 42.7 Å². The molecule has 0 aliphatic carbocycles. The Morgan fingerprint density at radius 1 is 1.04 bits per heavy atom. The molecule has 0 radical (unpaired) electrons. The second-order valence-electron chi connectivity index (χ2n) is 6.99. The lowest BCUT2D eigenvalue weighted by atomic mass is 9.86. The number of piperidine rings is 1. The third kappa shape index (κ3) is 4.26. The molecule has 4 rings (SSSR count). The molecule has 0 unspecified atom stereocenters. The van der Waals surface area contributed by atoms with Gasteiger partial charge in [-0.25, -0.2) is 4.39 Å². The first-order valence-corrected chi connectivity index (χ1v) is 9.20. The molecule has 6 nitrogen and oxygen atoms in total. The van der Waals surface area contributed by atoms with Gasteiger partial charge in [0, 0.05) is 44.3 Å². The molecule has 1 aromatic carbocycles. The minimum atomic E-state index is -0.577. The van der Waals surface area contributed by atoms with Crippen LogP contribution in [0.2, 0.25) is 0 Å². The maximum absolute atomic E-state index is 13.4. The summed E-state index contributed by atoms with van der Waals surface area (Å²) in [6.45, 7) is 4.50. The van der Waals surface area contributed by atoms with Crippen molar-refractivity contribution in [1.82, 2.24) is 20.0 Å². The van der Waals surface area contributed by atoms with Gasteiger partial charge >= 0.3 is 0 Å². The van der Waals surface area contributed by atoms with E-state index in [4.69, 9.17) is 0 Å². The summed E-state index contributed by atoms with van der Waals surface area (Å²) in [5.41, 5.74) is 0.425. The lowest BCUT2D eigenvalue weighted by Crippen LogP contribution is -2.59. The van der Waals surface area contributed by atoms with Crippen molar-refractivity contribution in [1.29, 1.82) is 0 Å². The Hall–Kier alpha value is -1.83. The summed E-state index contributed by atoms with van der Waals surface area (Å²) in [4.78, 5) is 17.6. The lowest BCUT2D eigenvalue weighted by Gasteiger charge is -2.43. The number of carbonyl (C=O) groups is 1. The van der Waals surface area contributed by atoms with Crippen LogP contribution < -0.4 is 10.2 Å². The predicted octanol–water partition coefficient (Wildman–Crippen LogP) is 2.29. The van der Waals surface area contributed by atoms with Crippen molar-refractivity contribution in [3.63, 3.8) is 0 Å². The van der Waals surface area contributed by atoms with E-state index in [0.717, 1.165) is 44.7 Å². The van der Waals surface area contributed by atoms with Crippen LogP contribution in [-0.4, -0.2) is 59.9 Å². The zero-order valence-corrected chi connectivity index (χ0v) is 17.2. The molecule has 0 spiro atoms. The van der Waals surface area contributed by atoms with Crippen molar-refractivity contribution < 1.29 is 9.18 Å². The summed E-state index contributed by atoms with van der Waals surface area (Å²) in [6.07, 6.45) is 5.15. The average molecular weight is 430 g/mol. The van der Waals surface area contributed by atoms with Gasteiger partial charge in [-0.05, 0) is 56.3 Å². The Labute approximate surface area is 176 Å². The van der Waals surface area contributed by atoms with E-state index in [0.29, 0.717) is 13.1 Å². The number of aromatic nitrogens is 2. The first-order chi connectivity index (χ1) is 12.7. The molecule has 1 N–H and O–H groups in total. The van der Waals surface area contributed by atoms with E-state index in [1.165, 1.54) is 12.1 Å². The number of hydrogen-bond donors (Lipinski definition) is 1. The molecule has 2 aliphatic heterocycles. The molecule has 3 heterocycles. The summed E-state index contributed by atoms with van der Waals surface area (Å²) in [6, 6.07) is 8.43. The number of rotatable bonds is 3. The molecule has 154 valence electrons. The van der Waals surface area contributed by atoms with Crippen LogP contribution in [0.5, 0.6) is 0 Å². The van der Waals surface area contributed by atoms with Crippen LogP contribution in [-0.2, 0) is 10.3 Å². The molecule has 0 saturated carbocycles. The zero-order valence-electron chi connectivity index (χ0n) is 15.6. The summed E-state index contributed by atoms with van der Waals surface area (Å²) >= 11 is 0. The fourth-order valence-corrected chi connectivity index (χ4v) is 4.02. The van der Waals surface area contributed by atoms with Crippen molar-refractivity contribution >= 4 is 36.4 Å². The summed E-state index contributed by atoms with van der Waals surface area (Å²) in [5, 5.41) is 7.74. The Kier molecular flexibility index (Phi) is 7.69. The highest BCUT2D eigenvalue weighted by molar-refractivity contribution is 5.86. The van der Waals surface area contributed by atoms with Crippen molar-refractivity contribution in [2.24, 2.45) is 0 Å². The van der Waals surface area contributed by atoms with Crippen molar-refractivity contribution in [2.75, 3.05) is 44.2 Å². The topological polar surface area (TPSA) is 53.4 Å². The van der Waals surface area contributed by atoms with Crippen molar-refractivity contribution in [3.8, 4) is 0 Å². The van der Waals surface area contributed by atoms with Crippen LogP contribution >= 0.6 is 24.8 Å². The highest BCUT2D eigenvalue weighted by atomic mass is 35.5. The minimum absolute atomic E-state index is 0. The number of nitrogens with one attached hydrogen (secondary N) is 1. The van der Waals surface area contributed by atoms with E-state index >= 15 is 0 Å². The van der Waals surface area contributed by atoms with E-state index in [2.05, 4.69) is 15.3 Å². The van der Waals surface area contributed by atoms with Crippen LogP contribution in [0, 0.1) is 5.82 Å². The average Bonchev–Trinajstić information content (AvgIpc) is 3.24.